The quantitative estimate of drug-likeness (QED) is 0.268. The second-order valence-corrected chi connectivity index (χ2v) is 3.06. The van der Waals surface area contributed by atoms with Gasteiger partial charge in [-0.25, -0.2) is 4.79 Å². The molecule has 0 aliphatic rings. The molecule has 0 aliphatic carbocycles. The largest absolute Gasteiger partial charge is 0.466 e. The van der Waals surface area contributed by atoms with Crippen molar-refractivity contribution in [1.82, 2.24) is 0 Å². The fourth-order valence-electron chi connectivity index (χ4n) is 0.873. The second-order valence-electron chi connectivity index (χ2n) is 3.06. The Bertz CT molecular complexity index is 207. The SMILES string of the molecule is CCCCOCC=CCC=CC(=O)OC. The van der Waals surface area contributed by atoms with Crippen LogP contribution in [0.5, 0.6) is 0 Å². The van der Waals surface area contributed by atoms with Gasteiger partial charge in [-0.3, -0.25) is 0 Å². The van der Waals surface area contributed by atoms with Gasteiger partial charge in [-0.15, -0.1) is 0 Å². The van der Waals surface area contributed by atoms with E-state index in [1.807, 2.05) is 12.2 Å². The Morgan fingerprint density at radius 1 is 1.27 bits per heavy atom. The summed E-state index contributed by atoms with van der Waals surface area (Å²) in [4.78, 5) is 10.7. The van der Waals surface area contributed by atoms with Crippen molar-refractivity contribution >= 4 is 5.97 Å². The Labute approximate surface area is 91.8 Å². The molecular weight excluding hydrogens is 192 g/mol. The van der Waals surface area contributed by atoms with E-state index < -0.39 is 0 Å². The van der Waals surface area contributed by atoms with Crippen LogP contribution in [-0.4, -0.2) is 26.3 Å². The summed E-state index contributed by atoms with van der Waals surface area (Å²) in [6, 6.07) is 0. The van der Waals surface area contributed by atoms with Crippen LogP contribution in [0.2, 0.25) is 0 Å². The molecule has 0 aromatic heterocycles. The number of hydrogen-bond donors (Lipinski definition) is 0. The summed E-state index contributed by atoms with van der Waals surface area (Å²) in [5.41, 5.74) is 0. The van der Waals surface area contributed by atoms with Gasteiger partial charge in [0.15, 0.2) is 0 Å². The molecule has 0 N–H and O–H groups in total. The minimum absolute atomic E-state index is 0.317. The van der Waals surface area contributed by atoms with Crippen LogP contribution >= 0.6 is 0 Å². The molecule has 0 aliphatic heterocycles. The van der Waals surface area contributed by atoms with Gasteiger partial charge in [0, 0.05) is 12.7 Å². The van der Waals surface area contributed by atoms with Gasteiger partial charge in [0.1, 0.15) is 0 Å². The van der Waals surface area contributed by atoms with Crippen molar-refractivity contribution < 1.29 is 14.3 Å². The number of carbonyl (C=O) groups excluding carboxylic acids is 1. The maximum Gasteiger partial charge on any atom is 0.330 e. The zero-order chi connectivity index (χ0) is 11.4. The molecule has 0 spiro atoms. The summed E-state index contributed by atoms with van der Waals surface area (Å²) in [6.07, 6.45) is 10.1. The summed E-state index contributed by atoms with van der Waals surface area (Å²) < 4.78 is 9.77. The molecule has 3 heteroatoms. The Morgan fingerprint density at radius 2 is 2.07 bits per heavy atom. The molecule has 0 amide bonds. The molecule has 0 atom stereocenters. The van der Waals surface area contributed by atoms with Crippen LogP contribution in [0.1, 0.15) is 26.2 Å². The minimum Gasteiger partial charge on any atom is -0.466 e. The summed E-state index contributed by atoms with van der Waals surface area (Å²) >= 11 is 0. The van der Waals surface area contributed by atoms with Crippen LogP contribution < -0.4 is 0 Å². The van der Waals surface area contributed by atoms with E-state index in [2.05, 4.69) is 11.7 Å². The molecule has 0 heterocycles. The van der Waals surface area contributed by atoms with Crippen LogP contribution in [0.25, 0.3) is 0 Å². The number of methoxy groups -OCH3 is 1. The molecule has 0 unspecified atom stereocenters. The van der Waals surface area contributed by atoms with Gasteiger partial charge in [-0.05, 0) is 12.8 Å². The van der Waals surface area contributed by atoms with Gasteiger partial charge >= 0.3 is 5.97 Å². The van der Waals surface area contributed by atoms with Crippen molar-refractivity contribution in [1.29, 1.82) is 0 Å². The van der Waals surface area contributed by atoms with Crippen LogP contribution in [0, 0.1) is 0 Å². The Balaban J connectivity index is 3.31. The van der Waals surface area contributed by atoms with Crippen LogP contribution in [0.4, 0.5) is 0 Å². The van der Waals surface area contributed by atoms with E-state index in [-0.39, 0.29) is 5.97 Å². The van der Waals surface area contributed by atoms with Crippen LogP contribution in [0.15, 0.2) is 24.3 Å². The topological polar surface area (TPSA) is 35.5 Å². The zero-order valence-corrected chi connectivity index (χ0v) is 9.57. The van der Waals surface area contributed by atoms with Crippen molar-refractivity contribution in [2.75, 3.05) is 20.3 Å². The normalized spacial score (nSPS) is 11.3. The summed E-state index contributed by atoms with van der Waals surface area (Å²) in [5, 5.41) is 0. The lowest BCUT2D eigenvalue weighted by Crippen LogP contribution is -1.93. The average molecular weight is 212 g/mol. The number of allylic oxidation sites excluding steroid dienone is 2. The highest BCUT2D eigenvalue weighted by atomic mass is 16.5. The third-order valence-electron chi connectivity index (χ3n) is 1.75. The van der Waals surface area contributed by atoms with Gasteiger partial charge in [0.2, 0.25) is 0 Å². The minimum atomic E-state index is -0.317. The third-order valence-corrected chi connectivity index (χ3v) is 1.75. The lowest BCUT2D eigenvalue weighted by Gasteiger charge is -1.97. The van der Waals surface area contributed by atoms with E-state index in [1.165, 1.54) is 13.2 Å². The van der Waals surface area contributed by atoms with Gasteiger partial charge < -0.3 is 9.47 Å². The third kappa shape index (κ3) is 10.8. The Kier molecular flexibility index (Phi) is 10.2. The zero-order valence-electron chi connectivity index (χ0n) is 9.57. The fraction of sp³-hybridized carbons (Fsp3) is 0.583. The van der Waals surface area contributed by atoms with Crippen LogP contribution in [-0.2, 0) is 14.3 Å². The number of hydrogen-bond acceptors (Lipinski definition) is 3. The molecule has 0 bridgehead atoms. The lowest BCUT2D eigenvalue weighted by molar-refractivity contribution is -0.134. The van der Waals surface area contributed by atoms with Gasteiger partial charge in [0.05, 0.1) is 13.7 Å². The number of unbranched alkanes of at least 4 members (excludes halogenated alkanes) is 1. The van der Waals surface area contributed by atoms with Crippen molar-refractivity contribution in [3.8, 4) is 0 Å². The van der Waals surface area contributed by atoms with Crippen LogP contribution in [0.3, 0.4) is 0 Å². The number of esters is 1. The molecule has 86 valence electrons. The summed E-state index contributed by atoms with van der Waals surface area (Å²) in [7, 11) is 1.37. The molecule has 0 saturated carbocycles. The van der Waals surface area contributed by atoms with E-state index >= 15 is 0 Å². The molecule has 0 radical (unpaired) electrons. The predicted molar refractivity (Wildman–Crippen MR) is 60.6 cm³/mol. The number of rotatable bonds is 8. The first-order chi connectivity index (χ1) is 7.31. The molecule has 0 aromatic carbocycles. The Hall–Kier alpha value is -1.09. The lowest BCUT2D eigenvalue weighted by atomic mass is 10.3. The second kappa shape index (κ2) is 11.0. The smallest absolute Gasteiger partial charge is 0.330 e. The average Bonchev–Trinajstić information content (AvgIpc) is 2.26. The van der Waals surface area contributed by atoms with Crippen molar-refractivity contribution in [2.24, 2.45) is 0 Å². The maximum absolute atomic E-state index is 10.7. The highest BCUT2D eigenvalue weighted by molar-refractivity contribution is 5.81. The molecular formula is C12H20O3. The highest BCUT2D eigenvalue weighted by Crippen LogP contribution is 1.90. The maximum atomic E-state index is 10.7. The molecule has 15 heavy (non-hydrogen) atoms. The van der Waals surface area contributed by atoms with E-state index in [0.29, 0.717) is 6.61 Å². The van der Waals surface area contributed by atoms with Gasteiger partial charge in [0.25, 0.3) is 0 Å². The molecule has 0 aromatic rings. The number of carbonyl (C=O) groups is 1. The summed E-state index contributed by atoms with van der Waals surface area (Å²) in [5.74, 6) is -0.317. The summed E-state index contributed by atoms with van der Waals surface area (Å²) in [6.45, 7) is 3.60. The number of ether oxygens (including phenoxy) is 2. The first-order valence-electron chi connectivity index (χ1n) is 5.28. The predicted octanol–water partition coefficient (Wildman–Crippen LogP) is 2.48. The first kappa shape index (κ1) is 13.9. The molecule has 3 nitrogen and oxygen atoms in total. The molecule has 0 rings (SSSR count). The van der Waals surface area contributed by atoms with Crippen molar-refractivity contribution in [2.45, 2.75) is 26.2 Å². The fourth-order valence-corrected chi connectivity index (χ4v) is 0.873. The Morgan fingerprint density at radius 3 is 2.73 bits per heavy atom. The monoisotopic (exact) mass is 212 g/mol. The van der Waals surface area contributed by atoms with E-state index in [9.17, 15) is 4.79 Å². The highest BCUT2D eigenvalue weighted by Gasteiger charge is 1.87. The molecule has 0 saturated heterocycles. The van der Waals surface area contributed by atoms with Gasteiger partial charge in [-0.1, -0.05) is 31.6 Å². The van der Waals surface area contributed by atoms with Crippen molar-refractivity contribution in [3.05, 3.63) is 24.3 Å². The standard InChI is InChI=1S/C12H20O3/c1-3-4-10-15-11-8-6-5-7-9-12(13)14-2/h6-9H,3-5,10-11H2,1-2H3. The first-order valence-corrected chi connectivity index (χ1v) is 5.28. The van der Waals surface area contributed by atoms with Gasteiger partial charge in [-0.2, -0.15) is 0 Å². The van der Waals surface area contributed by atoms with E-state index in [1.54, 1.807) is 6.08 Å². The molecule has 0 fully saturated rings. The van der Waals surface area contributed by atoms with Crippen molar-refractivity contribution in [3.63, 3.8) is 0 Å². The van der Waals surface area contributed by atoms with E-state index in [0.717, 1.165) is 25.9 Å². The van der Waals surface area contributed by atoms with E-state index in [4.69, 9.17) is 4.74 Å².